The topological polar surface area (TPSA) is 56.5 Å². The van der Waals surface area contributed by atoms with E-state index in [2.05, 4.69) is 0 Å². The molecule has 0 N–H and O–H groups in total. The van der Waals surface area contributed by atoms with E-state index in [1.807, 2.05) is 0 Å². The maximum Gasteiger partial charge on any atom is 0.351 e. The van der Waals surface area contributed by atoms with Gasteiger partial charge < -0.3 is 9.15 Å². The van der Waals surface area contributed by atoms with E-state index in [4.69, 9.17) is 32.4 Å². The van der Waals surface area contributed by atoms with Gasteiger partial charge in [0, 0.05) is 11.3 Å². The van der Waals surface area contributed by atoms with Crippen molar-refractivity contribution in [1.29, 1.82) is 0 Å². The van der Waals surface area contributed by atoms with Gasteiger partial charge in [0.25, 0.3) is 0 Å². The summed E-state index contributed by atoms with van der Waals surface area (Å²) in [6.07, 6.45) is 0. The van der Waals surface area contributed by atoms with Crippen LogP contribution in [0.4, 0.5) is 0 Å². The highest BCUT2D eigenvalue weighted by atomic mass is 35.5. The number of benzene rings is 2. The normalized spacial score (nSPS) is 10.8. The molecule has 4 nitrogen and oxygen atoms in total. The molecule has 0 amide bonds. The minimum atomic E-state index is -0.825. The van der Waals surface area contributed by atoms with Gasteiger partial charge >= 0.3 is 11.6 Å². The standard InChI is InChI=1S/C18H12Cl2O4/c1-10-3-2-4-15(16(10)20)24-18(22)13-8-12-7-11(9-19)5-6-14(12)23-17(13)21/h2-8H,9H2,1H3. The first-order valence-corrected chi connectivity index (χ1v) is 8.01. The first-order valence-electron chi connectivity index (χ1n) is 7.09. The largest absolute Gasteiger partial charge is 0.422 e. The van der Waals surface area contributed by atoms with E-state index < -0.39 is 11.6 Å². The Morgan fingerprint density at radius 2 is 2.00 bits per heavy atom. The number of carbonyl (C=O) groups is 1. The number of halogens is 2. The molecular formula is C18H12Cl2O4. The Kier molecular flexibility index (Phi) is 4.60. The Morgan fingerprint density at radius 3 is 2.75 bits per heavy atom. The molecule has 0 atom stereocenters. The third-order valence-corrected chi connectivity index (χ3v) is 4.32. The maximum atomic E-state index is 12.3. The SMILES string of the molecule is Cc1cccc(OC(=O)c2cc3cc(CCl)ccc3oc2=O)c1Cl. The van der Waals surface area contributed by atoms with E-state index in [0.29, 0.717) is 21.9 Å². The molecule has 0 unspecified atom stereocenters. The van der Waals surface area contributed by atoms with Crippen LogP contribution in [0.3, 0.4) is 0 Å². The van der Waals surface area contributed by atoms with Gasteiger partial charge in [-0.25, -0.2) is 9.59 Å². The van der Waals surface area contributed by atoms with Crippen molar-refractivity contribution in [1.82, 2.24) is 0 Å². The van der Waals surface area contributed by atoms with Crippen molar-refractivity contribution in [3.8, 4) is 5.75 Å². The molecule has 0 spiro atoms. The van der Waals surface area contributed by atoms with Gasteiger partial charge in [-0.05, 0) is 42.3 Å². The van der Waals surface area contributed by atoms with Crippen LogP contribution >= 0.6 is 23.2 Å². The van der Waals surface area contributed by atoms with Gasteiger partial charge in [-0.15, -0.1) is 11.6 Å². The van der Waals surface area contributed by atoms with Crippen LogP contribution in [0.25, 0.3) is 11.0 Å². The van der Waals surface area contributed by atoms with E-state index in [0.717, 1.165) is 11.1 Å². The lowest BCUT2D eigenvalue weighted by Gasteiger charge is -2.08. The summed E-state index contributed by atoms with van der Waals surface area (Å²) in [5.41, 5.74) is 1.01. The lowest BCUT2D eigenvalue weighted by molar-refractivity contribution is 0.0730. The second-order valence-corrected chi connectivity index (χ2v) is 5.88. The van der Waals surface area contributed by atoms with Crippen LogP contribution in [0.1, 0.15) is 21.5 Å². The fourth-order valence-corrected chi connectivity index (χ4v) is 2.58. The van der Waals surface area contributed by atoms with Crippen molar-refractivity contribution >= 4 is 40.1 Å². The summed E-state index contributed by atoms with van der Waals surface area (Å²) in [6.45, 7) is 1.79. The number of carbonyl (C=O) groups excluding carboxylic acids is 1. The molecule has 1 aromatic heterocycles. The van der Waals surface area contributed by atoms with Gasteiger partial charge in [0.2, 0.25) is 0 Å². The summed E-state index contributed by atoms with van der Waals surface area (Å²) in [5.74, 6) is -0.321. The third-order valence-electron chi connectivity index (χ3n) is 3.53. The average Bonchev–Trinajstić information content (AvgIpc) is 2.58. The van der Waals surface area contributed by atoms with Crippen LogP contribution in [0, 0.1) is 6.92 Å². The highest BCUT2D eigenvalue weighted by Crippen LogP contribution is 2.28. The summed E-state index contributed by atoms with van der Waals surface area (Å²) in [6, 6.07) is 11.6. The van der Waals surface area contributed by atoms with Gasteiger partial charge in [0.1, 0.15) is 16.9 Å². The average molecular weight is 363 g/mol. The molecule has 1 heterocycles. The Morgan fingerprint density at radius 1 is 1.21 bits per heavy atom. The number of hydrogen-bond donors (Lipinski definition) is 0. The van der Waals surface area contributed by atoms with Gasteiger partial charge in [-0.3, -0.25) is 0 Å². The molecule has 3 aromatic rings. The van der Waals surface area contributed by atoms with Crippen LogP contribution in [0.15, 0.2) is 51.7 Å². The summed E-state index contributed by atoms with van der Waals surface area (Å²) >= 11 is 11.9. The van der Waals surface area contributed by atoms with Crippen molar-refractivity contribution in [2.45, 2.75) is 12.8 Å². The molecule has 0 aliphatic rings. The Labute approximate surface area is 147 Å². The zero-order valence-corrected chi connectivity index (χ0v) is 14.1. The van der Waals surface area contributed by atoms with Gasteiger partial charge in [-0.1, -0.05) is 29.8 Å². The van der Waals surface area contributed by atoms with E-state index in [1.165, 1.54) is 6.07 Å². The second-order valence-electron chi connectivity index (χ2n) is 5.23. The predicted octanol–water partition coefficient (Wildman–Crippen LogP) is 4.71. The first-order chi connectivity index (χ1) is 11.5. The zero-order chi connectivity index (χ0) is 17.3. The Balaban J connectivity index is 2.01. The van der Waals surface area contributed by atoms with Crippen LogP contribution in [-0.4, -0.2) is 5.97 Å². The number of ether oxygens (including phenoxy) is 1. The lowest BCUT2D eigenvalue weighted by atomic mass is 10.1. The van der Waals surface area contributed by atoms with E-state index in [-0.39, 0.29) is 11.3 Å². The Bertz CT molecular complexity index is 992. The monoisotopic (exact) mass is 362 g/mol. The van der Waals surface area contributed by atoms with E-state index >= 15 is 0 Å². The molecule has 24 heavy (non-hydrogen) atoms. The molecule has 2 aromatic carbocycles. The number of fused-ring (bicyclic) bond motifs is 1. The third kappa shape index (κ3) is 3.16. The quantitative estimate of drug-likeness (QED) is 0.293. The minimum absolute atomic E-state index is 0.190. The van der Waals surface area contributed by atoms with Crippen molar-refractivity contribution in [3.63, 3.8) is 0 Å². The van der Waals surface area contributed by atoms with Crippen LogP contribution in [-0.2, 0) is 5.88 Å². The van der Waals surface area contributed by atoms with Crippen molar-refractivity contribution in [2.75, 3.05) is 0 Å². The molecule has 0 aliphatic heterocycles. The molecule has 6 heteroatoms. The molecular weight excluding hydrogens is 351 g/mol. The highest BCUT2D eigenvalue weighted by molar-refractivity contribution is 6.33. The van der Waals surface area contributed by atoms with E-state index in [1.54, 1.807) is 43.3 Å². The lowest BCUT2D eigenvalue weighted by Crippen LogP contribution is -2.19. The number of alkyl halides is 1. The van der Waals surface area contributed by atoms with E-state index in [9.17, 15) is 9.59 Å². The first kappa shape index (κ1) is 16.6. The number of hydrogen-bond acceptors (Lipinski definition) is 4. The van der Waals surface area contributed by atoms with Crippen molar-refractivity contribution in [2.24, 2.45) is 0 Å². The van der Waals surface area contributed by atoms with Gasteiger partial charge in [-0.2, -0.15) is 0 Å². The zero-order valence-electron chi connectivity index (χ0n) is 12.6. The maximum absolute atomic E-state index is 12.3. The summed E-state index contributed by atoms with van der Waals surface area (Å²) in [5, 5.41) is 0.912. The van der Waals surface area contributed by atoms with Crippen LogP contribution < -0.4 is 10.4 Å². The molecule has 0 saturated heterocycles. The van der Waals surface area contributed by atoms with Crippen LogP contribution in [0.2, 0.25) is 5.02 Å². The number of rotatable bonds is 3. The van der Waals surface area contributed by atoms with Crippen LogP contribution in [0.5, 0.6) is 5.75 Å². The smallest absolute Gasteiger partial charge is 0.351 e. The molecule has 0 fully saturated rings. The highest BCUT2D eigenvalue weighted by Gasteiger charge is 2.18. The molecule has 0 radical (unpaired) electrons. The minimum Gasteiger partial charge on any atom is -0.422 e. The molecule has 122 valence electrons. The van der Waals surface area contributed by atoms with Crippen molar-refractivity contribution < 1.29 is 13.9 Å². The van der Waals surface area contributed by atoms with Gasteiger partial charge in [0.05, 0.1) is 5.02 Å². The number of aryl methyl sites for hydroxylation is 1. The fourth-order valence-electron chi connectivity index (χ4n) is 2.25. The summed E-state index contributed by atoms with van der Waals surface area (Å²) < 4.78 is 10.4. The van der Waals surface area contributed by atoms with Crippen molar-refractivity contribution in [3.05, 3.63) is 74.6 Å². The molecule has 3 rings (SSSR count). The summed E-state index contributed by atoms with van der Waals surface area (Å²) in [4.78, 5) is 24.4. The Hall–Kier alpha value is -2.30. The molecule has 0 saturated carbocycles. The predicted molar refractivity (Wildman–Crippen MR) is 93.2 cm³/mol. The number of esters is 1. The fraction of sp³-hybridized carbons (Fsp3) is 0.111. The molecule has 0 aliphatic carbocycles. The molecule has 0 bridgehead atoms. The second kappa shape index (κ2) is 6.67. The summed E-state index contributed by atoms with van der Waals surface area (Å²) in [7, 11) is 0. The van der Waals surface area contributed by atoms with Gasteiger partial charge in [0.15, 0.2) is 0 Å².